The van der Waals surface area contributed by atoms with Crippen molar-refractivity contribution in [2.24, 2.45) is 0 Å². The van der Waals surface area contributed by atoms with E-state index in [-0.39, 0.29) is 11.6 Å². The maximum atomic E-state index is 11.5. The zero-order valence-corrected chi connectivity index (χ0v) is 14.4. The van der Waals surface area contributed by atoms with Gasteiger partial charge in [-0.25, -0.2) is 0 Å². The molecule has 0 saturated heterocycles. The van der Waals surface area contributed by atoms with Gasteiger partial charge in [0, 0.05) is 12.3 Å². The molecule has 120 valence electrons. The van der Waals surface area contributed by atoms with Crippen LogP contribution in [0.15, 0.2) is 0 Å². The molecule has 0 saturated carbocycles. The van der Waals surface area contributed by atoms with Crippen LogP contribution in [0.4, 0.5) is 0 Å². The van der Waals surface area contributed by atoms with Crippen molar-refractivity contribution in [1.29, 1.82) is 0 Å². The summed E-state index contributed by atoms with van der Waals surface area (Å²) in [6.07, 6.45) is 13.0. The van der Waals surface area contributed by atoms with E-state index in [0.29, 0.717) is 6.42 Å². The second kappa shape index (κ2) is 12.5. The van der Waals surface area contributed by atoms with Gasteiger partial charge in [0.2, 0.25) is 0 Å². The predicted octanol–water partition coefficient (Wildman–Crippen LogP) is 5.86. The number of hydrogen-bond donors (Lipinski definition) is 0. The third-order valence-electron chi connectivity index (χ3n) is 3.18. The Labute approximate surface area is 130 Å². The Kier molecular flexibility index (Phi) is 12.3. The number of carbonyl (C=O) groups is 1. The van der Waals surface area contributed by atoms with Gasteiger partial charge in [0.1, 0.15) is 5.60 Å². The molecule has 2 nitrogen and oxygen atoms in total. The third kappa shape index (κ3) is 15.8. The molecule has 20 heavy (non-hydrogen) atoms. The lowest BCUT2D eigenvalue weighted by molar-refractivity contribution is -0.154. The highest BCUT2D eigenvalue weighted by atomic mass is 35.5. The van der Waals surface area contributed by atoms with Crippen LogP contribution in [0.3, 0.4) is 0 Å². The van der Waals surface area contributed by atoms with Crippen molar-refractivity contribution in [2.45, 2.75) is 97.0 Å². The number of carbonyl (C=O) groups excluding carboxylic acids is 1. The quantitative estimate of drug-likeness (QED) is 0.256. The molecule has 0 aliphatic carbocycles. The van der Waals surface area contributed by atoms with E-state index in [1.165, 1.54) is 44.9 Å². The molecule has 0 atom stereocenters. The molecule has 0 aliphatic heterocycles. The van der Waals surface area contributed by atoms with Gasteiger partial charge in [-0.2, -0.15) is 0 Å². The molecule has 0 radical (unpaired) electrons. The van der Waals surface area contributed by atoms with E-state index in [4.69, 9.17) is 16.3 Å². The monoisotopic (exact) mass is 304 g/mol. The lowest BCUT2D eigenvalue weighted by Gasteiger charge is -2.19. The minimum absolute atomic E-state index is 0.0585. The van der Waals surface area contributed by atoms with Crippen molar-refractivity contribution in [2.75, 3.05) is 5.88 Å². The summed E-state index contributed by atoms with van der Waals surface area (Å²) in [5, 5.41) is 0. The molecule has 0 heterocycles. The first kappa shape index (κ1) is 19.8. The molecule has 0 aliphatic rings. The van der Waals surface area contributed by atoms with Crippen LogP contribution >= 0.6 is 11.6 Å². The van der Waals surface area contributed by atoms with Gasteiger partial charge in [0.05, 0.1) is 0 Å². The van der Waals surface area contributed by atoms with E-state index in [1.54, 1.807) is 0 Å². The van der Waals surface area contributed by atoms with E-state index in [1.807, 2.05) is 20.8 Å². The summed E-state index contributed by atoms with van der Waals surface area (Å²) in [6.45, 7) is 5.74. The van der Waals surface area contributed by atoms with Gasteiger partial charge in [-0.1, -0.05) is 51.4 Å². The van der Waals surface area contributed by atoms with E-state index in [0.717, 1.165) is 25.1 Å². The SMILES string of the molecule is CC(C)(C)OC(=O)CCCCCCCCCCCCCl. The van der Waals surface area contributed by atoms with Crippen LogP contribution in [-0.2, 0) is 9.53 Å². The van der Waals surface area contributed by atoms with Gasteiger partial charge in [0.25, 0.3) is 0 Å². The Balaban J connectivity index is 3.19. The van der Waals surface area contributed by atoms with Gasteiger partial charge >= 0.3 is 5.97 Å². The summed E-state index contributed by atoms with van der Waals surface area (Å²) < 4.78 is 5.28. The normalized spacial score (nSPS) is 11.6. The average molecular weight is 305 g/mol. The van der Waals surface area contributed by atoms with Crippen molar-refractivity contribution in [3.8, 4) is 0 Å². The van der Waals surface area contributed by atoms with Crippen molar-refractivity contribution in [3.05, 3.63) is 0 Å². The van der Waals surface area contributed by atoms with E-state index >= 15 is 0 Å². The van der Waals surface area contributed by atoms with Crippen LogP contribution in [0.25, 0.3) is 0 Å². The van der Waals surface area contributed by atoms with Crippen molar-refractivity contribution < 1.29 is 9.53 Å². The Bertz CT molecular complexity index is 234. The van der Waals surface area contributed by atoms with Crippen molar-refractivity contribution in [3.63, 3.8) is 0 Å². The fourth-order valence-electron chi connectivity index (χ4n) is 2.17. The highest BCUT2D eigenvalue weighted by molar-refractivity contribution is 6.17. The van der Waals surface area contributed by atoms with Crippen LogP contribution in [0.2, 0.25) is 0 Å². The molecule has 0 amide bonds. The molecule has 0 aromatic rings. The second-order valence-corrected chi connectivity index (χ2v) is 6.94. The molecule has 0 aromatic heterocycles. The van der Waals surface area contributed by atoms with E-state index in [9.17, 15) is 4.79 Å². The van der Waals surface area contributed by atoms with Gasteiger partial charge in [-0.15, -0.1) is 11.6 Å². The number of halogens is 1. The smallest absolute Gasteiger partial charge is 0.306 e. The minimum atomic E-state index is -0.347. The van der Waals surface area contributed by atoms with E-state index < -0.39 is 0 Å². The van der Waals surface area contributed by atoms with E-state index in [2.05, 4.69) is 0 Å². The fraction of sp³-hybridized carbons (Fsp3) is 0.941. The number of alkyl halides is 1. The maximum absolute atomic E-state index is 11.5. The molecule has 0 rings (SSSR count). The number of ether oxygens (including phenoxy) is 1. The molecule has 0 spiro atoms. The van der Waals surface area contributed by atoms with Crippen LogP contribution in [-0.4, -0.2) is 17.5 Å². The topological polar surface area (TPSA) is 26.3 Å². The Morgan fingerprint density at radius 2 is 1.20 bits per heavy atom. The summed E-state index contributed by atoms with van der Waals surface area (Å²) in [4.78, 5) is 11.5. The summed E-state index contributed by atoms with van der Waals surface area (Å²) in [5.41, 5.74) is -0.347. The Morgan fingerprint density at radius 3 is 1.60 bits per heavy atom. The lowest BCUT2D eigenvalue weighted by Crippen LogP contribution is -2.23. The molecule has 0 bridgehead atoms. The minimum Gasteiger partial charge on any atom is -0.460 e. The molecule has 0 fully saturated rings. The Hall–Kier alpha value is -0.240. The van der Waals surface area contributed by atoms with Crippen molar-refractivity contribution in [1.82, 2.24) is 0 Å². The molecule has 0 aromatic carbocycles. The van der Waals surface area contributed by atoms with Gasteiger partial charge < -0.3 is 4.74 Å². The van der Waals surface area contributed by atoms with Crippen LogP contribution < -0.4 is 0 Å². The number of rotatable bonds is 12. The summed E-state index contributed by atoms with van der Waals surface area (Å²) in [6, 6.07) is 0. The molecule has 3 heteroatoms. The maximum Gasteiger partial charge on any atom is 0.306 e. The third-order valence-corrected chi connectivity index (χ3v) is 3.45. The lowest BCUT2D eigenvalue weighted by atomic mass is 10.1. The predicted molar refractivity (Wildman–Crippen MR) is 87.4 cm³/mol. The number of unbranched alkanes of at least 4 members (excludes halogenated alkanes) is 9. The van der Waals surface area contributed by atoms with Crippen LogP contribution in [0.5, 0.6) is 0 Å². The van der Waals surface area contributed by atoms with Crippen molar-refractivity contribution >= 4 is 17.6 Å². The standard InChI is InChI=1S/C17H33ClO2/c1-17(2,3)20-16(19)14-12-10-8-6-4-5-7-9-11-13-15-18/h4-15H2,1-3H3. The van der Waals surface area contributed by atoms with Crippen LogP contribution in [0.1, 0.15) is 91.4 Å². The summed E-state index contributed by atoms with van der Waals surface area (Å²) in [5.74, 6) is 0.745. The molecule has 0 unspecified atom stereocenters. The largest absolute Gasteiger partial charge is 0.460 e. The average Bonchev–Trinajstić information content (AvgIpc) is 2.34. The molecular weight excluding hydrogens is 272 g/mol. The first-order valence-corrected chi connectivity index (χ1v) is 8.77. The zero-order chi connectivity index (χ0) is 15.3. The fourth-order valence-corrected chi connectivity index (χ4v) is 2.36. The first-order chi connectivity index (χ1) is 9.45. The number of hydrogen-bond acceptors (Lipinski definition) is 2. The summed E-state index contributed by atoms with van der Waals surface area (Å²) in [7, 11) is 0. The second-order valence-electron chi connectivity index (χ2n) is 6.56. The van der Waals surface area contributed by atoms with Gasteiger partial charge in [-0.3, -0.25) is 4.79 Å². The summed E-state index contributed by atoms with van der Waals surface area (Å²) >= 11 is 5.64. The zero-order valence-electron chi connectivity index (χ0n) is 13.7. The Morgan fingerprint density at radius 1 is 0.800 bits per heavy atom. The van der Waals surface area contributed by atoms with Gasteiger partial charge in [-0.05, 0) is 33.6 Å². The molecular formula is C17H33ClO2. The highest BCUT2D eigenvalue weighted by Gasteiger charge is 2.15. The number of esters is 1. The van der Waals surface area contributed by atoms with Crippen LogP contribution in [0, 0.1) is 0 Å². The first-order valence-electron chi connectivity index (χ1n) is 8.23. The molecule has 0 N–H and O–H groups in total. The highest BCUT2D eigenvalue weighted by Crippen LogP contribution is 2.13. The van der Waals surface area contributed by atoms with Gasteiger partial charge in [0.15, 0.2) is 0 Å².